The van der Waals surface area contributed by atoms with Gasteiger partial charge in [0.2, 0.25) is 0 Å². The van der Waals surface area contributed by atoms with E-state index < -0.39 is 0 Å². The van der Waals surface area contributed by atoms with Crippen LogP contribution in [0.3, 0.4) is 0 Å². The highest BCUT2D eigenvalue weighted by molar-refractivity contribution is 8.05. The first-order chi connectivity index (χ1) is 10.8. The maximum atomic E-state index is 12.1. The standard InChI is InChI=1S/C17H23N3O2S/c1-11(2)20-12(3)23-10-16(19)15(18)9-17(21)13-5-7-14(22-4)8-6-13/h5-11,20H,3,18-19H2,1-2,4H3/b15-9?,16-10-. The third-order valence-electron chi connectivity index (χ3n) is 2.77. The molecule has 0 unspecified atom stereocenters. The van der Waals surface area contributed by atoms with E-state index in [1.54, 1.807) is 36.8 Å². The second kappa shape index (κ2) is 8.95. The number of carbonyl (C=O) groups is 1. The summed E-state index contributed by atoms with van der Waals surface area (Å²) < 4.78 is 5.05. The number of nitrogens with one attached hydrogen (secondary N) is 1. The van der Waals surface area contributed by atoms with Gasteiger partial charge in [-0.2, -0.15) is 0 Å². The number of hydrogen-bond donors (Lipinski definition) is 3. The van der Waals surface area contributed by atoms with Crippen LogP contribution in [-0.4, -0.2) is 18.9 Å². The molecule has 5 N–H and O–H groups in total. The average Bonchev–Trinajstić information content (AvgIpc) is 2.51. The van der Waals surface area contributed by atoms with E-state index >= 15 is 0 Å². The summed E-state index contributed by atoms with van der Waals surface area (Å²) in [5, 5.41) is 5.56. The molecule has 23 heavy (non-hydrogen) atoms. The topological polar surface area (TPSA) is 90.4 Å². The van der Waals surface area contributed by atoms with Crippen molar-refractivity contribution in [1.82, 2.24) is 5.32 Å². The third-order valence-corrected chi connectivity index (χ3v) is 3.55. The molecule has 0 atom stereocenters. The smallest absolute Gasteiger partial charge is 0.187 e. The van der Waals surface area contributed by atoms with Gasteiger partial charge in [-0.15, -0.1) is 0 Å². The molecule has 0 spiro atoms. The summed E-state index contributed by atoms with van der Waals surface area (Å²) in [6.45, 7) is 7.89. The summed E-state index contributed by atoms with van der Waals surface area (Å²) in [7, 11) is 1.57. The molecule has 0 saturated heterocycles. The monoisotopic (exact) mass is 333 g/mol. The largest absolute Gasteiger partial charge is 0.497 e. The van der Waals surface area contributed by atoms with Crippen LogP contribution in [0.4, 0.5) is 0 Å². The van der Waals surface area contributed by atoms with Crippen molar-refractivity contribution in [3.63, 3.8) is 0 Å². The van der Waals surface area contributed by atoms with E-state index in [1.807, 2.05) is 13.8 Å². The number of carbonyl (C=O) groups excluding carboxylic acids is 1. The van der Waals surface area contributed by atoms with Gasteiger partial charge in [-0.1, -0.05) is 18.3 Å². The molecule has 0 aliphatic carbocycles. The molecule has 5 nitrogen and oxygen atoms in total. The van der Waals surface area contributed by atoms with Crippen molar-refractivity contribution in [3.8, 4) is 5.75 Å². The first-order valence-corrected chi connectivity index (χ1v) is 7.95. The molecule has 0 aliphatic heterocycles. The van der Waals surface area contributed by atoms with Crippen LogP contribution < -0.4 is 21.5 Å². The van der Waals surface area contributed by atoms with Crippen LogP contribution in [0.2, 0.25) is 0 Å². The van der Waals surface area contributed by atoms with Crippen molar-refractivity contribution in [3.05, 3.63) is 64.3 Å². The van der Waals surface area contributed by atoms with Gasteiger partial charge in [-0.05, 0) is 38.1 Å². The van der Waals surface area contributed by atoms with Crippen molar-refractivity contribution in [2.24, 2.45) is 11.5 Å². The second-order valence-corrected chi connectivity index (χ2v) is 6.07. The van der Waals surface area contributed by atoms with Gasteiger partial charge in [0.05, 0.1) is 23.5 Å². The SMILES string of the molecule is C=C(NC(C)C)S/C=C(\N)C(N)=CC(=O)c1ccc(OC)cc1. The number of allylic oxidation sites excluding steroid dienone is 1. The molecule has 0 aromatic heterocycles. The number of methoxy groups -OCH3 is 1. The van der Waals surface area contributed by atoms with Crippen molar-refractivity contribution in [1.29, 1.82) is 0 Å². The van der Waals surface area contributed by atoms with Gasteiger partial charge < -0.3 is 21.5 Å². The number of thioether (sulfide) groups is 1. The minimum atomic E-state index is -0.217. The Hall–Kier alpha value is -2.34. The van der Waals surface area contributed by atoms with Gasteiger partial charge in [-0.25, -0.2) is 0 Å². The Morgan fingerprint density at radius 3 is 2.39 bits per heavy atom. The Kier molecular flexibility index (Phi) is 7.28. The zero-order valence-corrected chi connectivity index (χ0v) is 14.4. The number of rotatable bonds is 8. The summed E-state index contributed by atoms with van der Waals surface area (Å²) in [6.07, 6.45) is 1.31. The lowest BCUT2D eigenvalue weighted by Crippen LogP contribution is -2.19. The van der Waals surface area contributed by atoms with Crippen LogP contribution in [0.25, 0.3) is 0 Å². The Morgan fingerprint density at radius 2 is 1.87 bits per heavy atom. The quantitative estimate of drug-likeness (QED) is 0.385. The summed E-state index contributed by atoms with van der Waals surface area (Å²) in [6, 6.07) is 7.07. The van der Waals surface area contributed by atoms with Crippen molar-refractivity contribution < 1.29 is 9.53 Å². The van der Waals surface area contributed by atoms with E-state index in [0.29, 0.717) is 17.0 Å². The first kappa shape index (κ1) is 18.7. The predicted molar refractivity (Wildman–Crippen MR) is 96.9 cm³/mol. The molecule has 0 aliphatic rings. The lowest BCUT2D eigenvalue weighted by molar-refractivity contribution is 0.104. The minimum Gasteiger partial charge on any atom is -0.497 e. The molecule has 0 fully saturated rings. The Bertz CT molecular complexity index is 619. The van der Waals surface area contributed by atoms with Gasteiger partial charge >= 0.3 is 0 Å². The Morgan fingerprint density at radius 1 is 1.26 bits per heavy atom. The summed E-state index contributed by atoms with van der Waals surface area (Å²) in [4.78, 5) is 12.1. The van der Waals surface area contributed by atoms with Crippen LogP contribution in [0.15, 0.2) is 58.8 Å². The number of ketones is 1. The van der Waals surface area contributed by atoms with Gasteiger partial charge in [0, 0.05) is 23.1 Å². The molecular formula is C17H23N3O2S. The molecule has 1 rings (SSSR count). The highest BCUT2D eigenvalue weighted by Crippen LogP contribution is 2.16. The highest BCUT2D eigenvalue weighted by atomic mass is 32.2. The van der Waals surface area contributed by atoms with Gasteiger partial charge in [-0.3, -0.25) is 4.79 Å². The fourth-order valence-corrected chi connectivity index (χ4v) is 2.33. The molecule has 0 radical (unpaired) electrons. The summed E-state index contributed by atoms with van der Waals surface area (Å²) in [5.74, 6) is 0.469. The molecule has 1 aromatic rings. The first-order valence-electron chi connectivity index (χ1n) is 7.07. The second-order valence-electron chi connectivity index (χ2n) is 5.11. The average molecular weight is 333 g/mol. The predicted octanol–water partition coefficient (Wildman–Crippen LogP) is 2.72. The van der Waals surface area contributed by atoms with Gasteiger partial charge in [0.15, 0.2) is 5.78 Å². The molecular weight excluding hydrogens is 310 g/mol. The van der Waals surface area contributed by atoms with Crippen molar-refractivity contribution in [2.45, 2.75) is 19.9 Å². The summed E-state index contributed by atoms with van der Waals surface area (Å²) in [5.41, 5.74) is 12.8. The zero-order chi connectivity index (χ0) is 17.4. The number of ether oxygens (including phenoxy) is 1. The fourth-order valence-electron chi connectivity index (χ4n) is 1.62. The normalized spacial score (nSPS) is 12.2. The van der Waals surface area contributed by atoms with Crippen LogP contribution >= 0.6 is 11.8 Å². The van der Waals surface area contributed by atoms with E-state index in [9.17, 15) is 4.79 Å². The lowest BCUT2D eigenvalue weighted by Gasteiger charge is -2.10. The van der Waals surface area contributed by atoms with E-state index in [2.05, 4.69) is 11.9 Å². The van der Waals surface area contributed by atoms with Crippen molar-refractivity contribution >= 4 is 17.5 Å². The maximum Gasteiger partial charge on any atom is 0.187 e. The number of benzene rings is 1. The number of nitrogens with two attached hydrogens (primary N) is 2. The molecule has 0 amide bonds. The molecule has 6 heteroatoms. The van der Waals surface area contributed by atoms with E-state index in [0.717, 1.165) is 5.03 Å². The van der Waals surface area contributed by atoms with E-state index in [1.165, 1.54) is 17.8 Å². The maximum absolute atomic E-state index is 12.1. The van der Waals surface area contributed by atoms with Crippen molar-refractivity contribution in [2.75, 3.05) is 7.11 Å². The van der Waals surface area contributed by atoms with E-state index in [-0.39, 0.29) is 17.5 Å². The van der Waals surface area contributed by atoms with Crippen LogP contribution in [-0.2, 0) is 0 Å². The van der Waals surface area contributed by atoms with Gasteiger partial charge in [0.1, 0.15) is 5.75 Å². The number of hydrogen-bond acceptors (Lipinski definition) is 6. The van der Waals surface area contributed by atoms with Gasteiger partial charge in [0.25, 0.3) is 0 Å². The van der Waals surface area contributed by atoms with Crippen LogP contribution in [0.1, 0.15) is 24.2 Å². The highest BCUT2D eigenvalue weighted by Gasteiger charge is 2.06. The zero-order valence-electron chi connectivity index (χ0n) is 13.6. The molecule has 0 bridgehead atoms. The molecule has 0 heterocycles. The third kappa shape index (κ3) is 6.52. The Balaban J connectivity index is 2.73. The minimum absolute atomic E-state index is 0.217. The molecule has 124 valence electrons. The molecule has 1 aromatic carbocycles. The van der Waals surface area contributed by atoms with Crippen LogP contribution in [0, 0.1) is 0 Å². The molecule has 0 saturated carbocycles. The summed E-state index contributed by atoms with van der Waals surface area (Å²) >= 11 is 1.33. The lowest BCUT2D eigenvalue weighted by atomic mass is 10.1. The fraction of sp³-hybridized carbons (Fsp3) is 0.235. The van der Waals surface area contributed by atoms with Crippen LogP contribution in [0.5, 0.6) is 5.75 Å². The Labute approximate surface area is 141 Å². The van der Waals surface area contributed by atoms with E-state index in [4.69, 9.17) is 16.2 Å².